The Morgan fingerprint density at radius 2 is 1.57 bits per heavy atom. The van der Waals surface area contributed by atoms with Crippen LogP contribution in [0.15, 0.2) is 65.6 Å². The van der Waals surface area contributed by atoms with Gasteiger partial charge in [-0.05, 0) is 36.4 Å². The van der Waals surface area contributed by atoms with Gasteiger partial charge in [-0.3, -0.25) is 4.31 Å². The van der Waals surface area contributed by atoms with Crippen LogP contribution in [-0.4, -0.2) is 48.8 Å². The van der Waals surface area contributed by atoms with Crippen molar-refractivity contribution in [2.45, 2.75) is 4.90 Å². The molecule has 30 heavy (non-hydrogen) atoms. The highest BCUT2D eigenvalue weighted by Crippen LogP contribution is 2.34. The smallest absolute Gasteiger partial charge is 0.264 e. The van der Waals surface area contributed by atoms with Crippen LogP contribution in [-0.2, 0) is 10.0 Å². The highest BCUT2D eigenvalue weighted by molar-refractivity contribution is 7.93. The van der Waals surface area contributed by atoms with E-state index in [1.54, 1.807) is 44.5 Å². The van der Waals surface area contributed by atoms with Crippen LogP contribution in [0.4, 0.5) is 11.4 Å². The van der Waals surface area contributed by atoms with Gasteiger partial charge in [0.1, 0.15) is 5.75 Å². The molecule has 0 bridgehead atoms. The van der Waals surface area contributed by atoms with E-state index in [9.17, 15) is 8.42 Å². The van der Waals surface area contributed by atoms with Gasteiger partial charge in [-0.2, -0.15) is 0 Å². The lowest BCUT2D eigenvalue weighted by Crippen LogP contribution is -2.43. The van der Waals surface area contributed by atoms with Gasteiger partial charge in [-0.1, -0.05) is 24.3 Å². The molecule has 3 aromatic rings. The predicted octanol–water partition coefficient (Wildman–Crippen LogP) is 3.50. The maximum Gasteiger partial charge on any atom is 0.264 e. The van der Waals surface area contributed by atoms with E-state index >= 15 is 0 Å². The largest absolute Gasteiger partial charge is 0.497 e. The minimum Gasteiger partial charge on any atom is -0.497 e. The molecular weight excluding hydrogens is 422 g/mol. The summed E-state index contributed by atoms with van der Waals surface area (Å²) in [5.74, 6) is 0.686. The molecule has 0 atom stereocenters. The molecule has 0 saturated carbocycles. The average molecular weight is 448 g/mol. The molecule has 1 N–H and O–H groups in total. The van der Waals surface area contributed by atoms with Gasteiger partial charge in [-0.15, -0.1) is 12.4 Å². The van der Waals surface area contributed by atoms with Gasteiger partial charge in [0.2, 0.25) is 0 Å². The summed E-state index contributed by atoms with van der Waals surface area (Å²) < 4.78 is 33.4. The Balaban J connectivity index is 0.00000256. The molecule has 160 valence electrons. The third-order valence-corrected chi connectivity index (χ3v) is 7.24. The number of piperazine rings is 1. The molecule has 0 aliphatic carbocycles. The molecule has 1 fully saturated rings. The van der Waals surface area contributed by atoms with Crippen LogP contribution < -0.4 is 19.3 Å². The lowest BCUT2D eigenvalue weighted by atomic mass is 10.1. The van der Waals surface area contributed by atoms with E-state index in [1.807, 2.05) is 30.3 Å². The van der Waals surface area contributed by atoms with Gasteiger partial charge in [0.05, 0.1) is 17.7 Å². The van der Waals surface area contributed by atoms with Crippen molar-refractivity contribution in [3.63, 3.8) is 0 Å². The lowest BCUT2D eigenvalue weighted by Gasteiger charge is -2.31. The second-order valence-corrected chi connectivity index (χ2v) is 8.97. The summed E-state index contributed by atoms with van der Waals surface area (Å²) in [6.07, 6.45) is 0. The molecule has 6 nitrogen and oxygen atoms in total. The summed E-state index contributed by atoms with van der Waals surface area (Å²) in [7, 11) is -0.560. The third kappa shape index (κ3) is 4.05. The highest BCUT2D eigenvalue weighted by Gasteiger charge is 2.25. The number of sulfonamides is 1. The van der Waals surface area contributed by atoms with E-state index < -0.39 is 10.0 Å². The number of halogens is 1. The average Bonchev–Trinajstić information content (AvgIpc) is 2.78. The zero-order chi connectivity index (χ0) is 20.4. The van der Waals surface area contributed by atoms with E-state index in [-0.39, 0.29) is 12.4 Å². The predicted molar refractivity (Wildman–Crippen MR) is 125 cm³/mol. The summed E-state index contributed by atoms with van der Waals surface area (Å²) in [5.41, 5.74) is 1.66. The summed E-state index contributed by atoms with van der Waals surface area (Å²) in [4.78, 5) is 2.62. The summed E-state index contributed by atoms with van der Waals surface area (Å²) in [6, 6.07) is 18.4. The molecule has 0 spiro atoms. The van der Waals surface area contributed by atoms with E-state index in [0.29, 0.717) is 16.3 Å². The van der Waals surface area contributed by atoms with Crippen LogP contribution in [0.5, 0.6) is 5.75 Å². The molecule has 0 amide bonds. The Morgan fingerprint density at radius 1 is 0.933 bits per heavy atom. The lowest BCUT2D eigenvalue weighted by molar-refractivity contribution is 0.415. The number of nitrogens with one attached hydrogen (secondary N) is 1. The highest BCUT2D eigenvalue weighted by atomic mass is 35.5. The van der Waals surface area contributed by atoms with Crippen molar-refractivity contribution in [1.82, 2.24) is 5.32 Å². The zero-order valence-corrected chi connectivity index (χ0v) is 18.7. The Morgan fingerprint density at radius 3 is 2.20 bits per heavy atom. The van der Waals surface area contributed by atoms with Crippen LogP contribution in [0, 0.1) is 0 Å². The van der Waals surface area contributed by atoms with Crippen LogP contribution in [0.2, 0.25) is 0 Å². The van der Waals surface area contributed by atoms with Crippen molar-refractivity contribution in [2.75, 3.05) is 49.5 Å². The summed E-state index contributed by atoms with van der Waals surface area (Å²) in [6.45, 7) is 3.66. The van der Waals surface area contributed by atoms with Crippen molar-refractivity contribution in [3.8, 4) is 5.75 Å². The quantitative estimate of drug-likeness (QED) is 0.648. The maximum absolute atomic E-state index is 13.5. The van der Waals surface area contributed by atoms with Crippen molar-refractivity contribution in [1.29, 1.82) is 0 Å². The van der Waals surface area contributed by atoms with Crippen LogP contribution in [0.25, 0.3) is 10.8 Å². The van der Waals surface area contributed by atoms with Gasteiger partial charge in [-0.25, -0.2) is 8.42 Å². The first-order valence-electron chi connectivity index (χ1n) is 9.63. The Labute approximate surface area is 183 Å². The maximum atomic E-state index is 13.5. The zero-order valence-electron chi connectivity index (χ0n) is 17.0. The number of methoxy groups -OCH3 is 1. The number of fused-ring (bicyclic) bond motifs is 1. The number of benzene rings is 3. The molecule has 1 saturated heterocycles. The number of rotatable bonds is 5. The summed E-state index contributed by atoms with van der Waals surface area (Å²) in [5, 5.41) is 5.05. The molecule has 1 heterocycles. The first-order valence-corrected chi connectivity index (χ1v) is 11.1. The van der Waals surface area contributed by atoms with Crippen LogP contribution in [0.3, 0.4) is 0 Å². The minimum atomic E-state index is -3.72. The monoisotopic (exact) mass is 447 g/mol. The number of nitrogens with zero attached hydrogens (tertiary/aromatic N) is 2. The van der Waals surface area contributed by atoms with Crippen LogP contribution >= 0.6 is 12.4 Å². The molecule has 3 aromatic carbocycles. The second-order valence-electron chi connectivity index (χ2n) is 7.04. The van der Waals surface area contributed by atoms with Crippen molar-refractivity contribution < 1.29 is 13.2 Å². The standard InChI is InChI=1S/C22H25N3O3S.ClH/c1-24(17-7-9-18(28-2)10-8-17)29(26,27)22-12-11-21(25-15-13-23-14-16-25)19-5-3-4-6-20(19)22;/h3-12,23H,13-16H2,1-2H3;1H. The molecule has 0 aromatic heterocycles. The summed E-state index contributed by atoms with van der Waals surface area (Å²) >= 11 is 0. The molecule has 1 aliphatic rings. The van der Waals surface area contributed by atoms with E-state index in [0.717, 1.165) is 42.6 Å². The Kier molecular flexibility index (Phi) is 6.75. The van der Waals surface area contributed by atoms with E-state index in [1.165, 1.54) is 4.31 Å². The fourth-order valence-corrected chi connectivity index (χ4v) is 5.13. The molecule has 8 heteroatoms. The molecule has 0 radical (unpaired) electrons. The van der Waals surface area contributed by atoms with Crippen molar-refractivity contribution in [2.24, 2.45) is 0 Å². The number of anilines is 2. The van der Waals surface area contributed by atoms with Gasteiger partial charge >= 0.3 is 0 Å². The number of ether oxygens (including phenoxy) is 1. The fourth-order valence-electron chi connectivity index (χ4n) is 3.74. The SMILES string of the molecule is COc1ccc(N(C)S(=O)(=O)c2ccc(N3CCNCC3)c3ccccc23)cc1.Cl. The van der Waals surface area contributed by atoms with Crippen molar-refractivity contribution >= 4 is 44.6 Å². The molecule has 1 aliphatic heterocycles. The van der Waals surface area contributed by atoms with E-state index in [4.69, 9.17) is 4.74 Å². The van der Waals surface area contributed by atoms with Crippen molar-refractivity contribution in [3.05, 3.63) is 60.7 Å². The Bertz CT molecular complexity index is 1110. The van der Waals surface area contributed by atoms with E-state index in [2.05, 4.69) is 10.2 Å². The van der Waals surface area contributed by atoms with Crippen LogP contribution in [0.1, 0.15) is 0 Å². The third-order valence-electron chi connectivity index (χ3n) is 5.39. The first-order chi connectivity index (χ1) is 14.0. The Hall–Kier alpha value is -2.48. The molecular formula is C22H26ClN3O3S. The van der Waals surface area contributed by atoms with Gasteiger partial charge in [0, 0.05) is 49.7 Å². The molecule has 0 unspecified atom stereocenters. The van der Waals surface area contributed by atoms with Gasteiger partial charge in [0.25, 0.3) is 10.0 Å². The number of hydrogen-bond acceptors (Lipinski definition) is 5. The second kappa shape index (κ2) is 9.12. The minimum absolute atomic E-state index is 0. The first kappa shape index (κ1) is 22.2. The van der Waals surface area contributed by atoms with Gasteiger partial charge < -0.3 is 15.0 Å². The topological polar surface area (TPSA) is 61.9 Å². The fraction of sp³-hybridized carbons (Fsp3) is 0.273. The molecule has 4 rings (SSSR count). The number of hydrogen-bond donors (Lipinski definition) is 1. The van der Waals surface area contributed by atoms with Gasteiger partial charge in [0.15, 0.2) is 0 Å². The normalized spacial score (nSPS) is 14.3.